The van der Waals surface area contributed by atoms with E-state index in [9.17, 15) is 16.8 Å². The first kappa shape index (κ1) is 40.3. The number of sulfonamides is 2. The van der Waals surface area contributed by atoms with E-state index in [-0.39, 0.29) is 6.79 Å². The minimum absolute atomic E-state index is 0.230. The van der Waals surface area contributed by atoms with Crippen LogP contribution in [0.4, 0.5) is 5.69 Å². The van der Waals surface area contributed by atoms with Gasteiger partial charge in [0.2, 0.25) is 26.8 Å². The molecule has 4 aromatic carbocycles. The summed E-state index contributed by atoms with van der Waals surface area (Å²) in [5, 5.41) is 8.29. The minimum Gasteiger partial charge on any atom is -0.458 e. The van der Waals surface area contributed by atoms with Crippen LogP contribution in [-0.4, -0.2) is 49.2 Å². The normalized spacial score (nSPS) is 9.64. The maximum Gasteiger partial charge on any atom is 0.230 e. The molecule has 0 saturated heterocycles. The molecule has 0 aliphatic rings. The Balaban J connectivity index is 0.000000564. The molecule has 0 atom stereocenters. The molecule has 0 heterocycles. The summed E-state index contributed by atoms with van der Waals surface area (Å²) in [6.45, 7) is 11.2. The highest BCUT2D eigenvalue weighted by Gasteiger charge is 1.94. The van der Waals surface area contributed by atoms with Gasteiger partial charge < -0.3 is 9.47 Å². The first-order valence-electron chi connectivity index (χ1n) is 13.6. The number of hydrogen-bond acceptors (Lipinski definition) is 7. The van der Waals surface area contributed by atoms with Crippen molar-refractivity contribution in [3.05, 3.63) is 138 Å². The third-order valence-electron chi connectivity index (χ3n) is 4.54. The van der Waals surface area contributed by atoms with Crippen LogP contribution in [0.25, 0.3) is 4.85 Å². The smallest absolute Gasteiger partial charge is 0.230 e. The Hall–Kier alpha value is -4.72. The quantitative estimate of drug-likeness (QED) is 0.176. The van der Waals surface area contributed by atoms with Gasteiger partial charge in [0, 0.05) is 13.1 Å². The van der Waals surface area contributed by atoms with Gasteiger partial charge in [-0.3, -0.25) is 0 Å². The van der Waals surface area contributed by atoms with E-state index in [1.807, 2.05) is 103 Å². The first-order chi connectivity index (χ1) is 21.4. The largest absolute Gasteiger partial charge is 0.458 e. The van der Waals surface area contributed by atoms with Gasteiger partial charge >= 0.3 is 0 Å². The van der Waals surface area contributed by atoms with Gasteiger partial charge in [0.1, 0.15) is 11.5 Å². The molecule has 0 aliphatic heterocycles. The van der Waals surface area contributed by atoms with Gasteiger partial charge in [0.05, 0.1) is 30.7 Å². The van der Waals surface area contributed by atoms with E-state index in [1.54, 1.807) is 38.1 Å². The zero-order valence-corrected chi connectivity index (χ0v) is 27.5. The summed E-state index contributed by atoms with van der Waals surface area (Å²) in [6.07, 6.45) is 2.27. The Morgan fingerprint density at radius 1 is 0.644 bits per heavy atom. The summed E-state index contributed by atoms with van der Waals surface area (Å²) >= 11 is 0. The highest BCUT2D eigenvalue weighted by molar-refractivity contribution is 7.89. The first-order valence-corrected chi connectivity index (χ1v) is 17.3. The lowest BCUT2D eigenvalue weighted by Gasteiger charge is -2.07. The molecule has 0 radical (unpaired) electrons. The molecule has 12 heteroatoms. The molecule has 2 N–H and O–H groups in total. The monoisotopic (exact) mass is 652 g/mol. The fraction of sp³-hybridized carbons (Fsp3) is 0.212. The molecule has 45 heavy (non-hydrogen) atoms. The van der Waals surface area contributed by atoms with Crippen molar-refractivity contribution < 1.29 is 26.3 Å². The maximum atomic E-state index is 10.1. The molecule has 4 rings (SSSR count). The number of nitrogens with zero attached hydrogens (tertiary/aromatic N) is 2. The molecule has 240 valence electrons. The average Bonchev–Trinajstić information content (AvgIpc) is 3.03. The zero-order chi connectivity index (χ0) is 33.8. The molecular weight excluding hydrogens is 613 g/mol. The van der Waals surface area contributed by atoms with Crippen LogP contribution >= 0.6 is 0 Å². The maximum absolute atomic E-state index is 10.1. The van der Waals surface area contributed by atoms with Crippen molar-refractivity contribution in [1.29, 1.82) is 5.26 Å². The highest BCUT2D eigenvalue weighted by atomic mass is 32.2. The summed E-state index contributed by atoms with van der Waals surface area (Å²) in [5.74, 6) is 1.63. The molecule has 0 fully saturated rings. The lowest BCUT2D eigenvalue weighted by atomic mass is 10.2. The fourth-order valence-corrected chi connectivity index (χ4v) is 3.79. The SMILES string of the molecule is CCNS(C)(=O)=O.CCNS(C)(=O)=O.N#Cc1ccccc1.[C-]#[N+]c1ccccc1.c1ccc(OCOc2ccccc2)cc1. The summed E-state index contributed by atoms with van der Waals surface area (Å²) in [6, 6.07) is 39.5. The van der Waals surface area contributed by atoms with Crippen LogP contribution in [-0.2, 0) is 20.0 Å². The summed E-state index contributed by atoms with van der Waals surface area (Å²) in [4.78, 5) is 3.22. The third kappa shape index (κ3) is 26.6. The average molecular weight is 653 g/mol. The highest BCUT2D eigenvalue weighted by Crippen LogP contribution is 2.11. The van der Waals surface area contributed by atoms with Gasteiger partial charge in [-0.2, -0.15) is 5.26 Å². The number of nitriles is 1. The number of benzene rings is 4. The van der Waals surface area contributed by atoms with E-state index in [0.717, 1.165) is 24.0 Å². The van der Waals surface area contributed by atoms with E-state index in [2.05, 4.69) is 14.3 Å². The van der Waals surface area contributed by atoms with Gasteiger partial charge in [-0.1, -0.05) is 98.8 Å². The van der Waals surface area contributed by atoms with Crippen LogP contribution in [0.3, 0.4) is 0 Å². The number of hydrogen-bond donors (Lipinski definition) is 2. The number of rotatable bonds is 8. The van der Waals surface area contributed by atoms with Crippen molar-refractivity contribution in [3.63, 3.8) is 0 Å². The number of ether oxygens (including phenoxy) is 2. The third-order valence-corrected chi connectivity index (χ3v) is 6.16. The number of para-hydroxylation sites is 3. The predicted octanol–water partition coefficient (Wildman–Crippen LogP) is 6.01. The molecule has 0 saturated carbocycles. The van der Waals surface area contributed by atoms with E-state index >= 15 is 0 Å². The van der Waals surface area contributed by atoms with Crippen molar-refractivity contribution in [2.45, 2.75) is 13.8 Å². The van der Waals surface area contributed by atoms with Crippen LogP contribution < -0.4 is 18.9 Å². The molecule has 0 aromatic heterocycles. The van der Waals surface area contributed by atoms with Gasteiger partial charge in [-0.05, 0) is 36.4 Å². The van der Waals surface area contributed by atoms with E-state index < -0.39 is 20.0 Å². The van der Waals surface area contributed by atoms with Crippen molar-refractivity contribution in [1.82, 2.24) is 9.44 Å². The van der Waals surface area contributed by atoms with Crippen LogP contribution in [0.1, 0.15) is 19.4 Å². The Morgan fingerprint density at radius 3 is 1.20 bits per heavy atom. The topological polar surface area (TPSA) is 139 Å². The van der Waals surface area contributed by atoms with Crippen LogP contribution in [0.2, 0.25) is 0 Å². The second kappa shape index (κ2) is 24.7. The molecule has 10 nitrogen and oxygen atoms in total. The summed E-state index contributed by atoms with van der Waals surface area (Å²) in [5.41, 5.74) is 1.42. The van der Waals surface area contributed by atoms with Crippen LogP contribution in [0.15, 0.2) is 121 Å². The lowest BCUT2D eigenvalue weighted by Crippen LogP contribution is -2.20. The fourth-order valence-electron chi connectivity index (χ4n) is 2.74. The molecule has 0 amide bonds. The second-order valence-electron chi connectivity index (χ2n) is 8.50. The Labute approximate surface area is 268 Å². The Bertz CT molecular complexity index is 1470. The molecule has 0 aliphatic carbocycles. The molecular formula is C33H40N4O6S2. The van der Waals surface area contributed by atoms with E-state index in [4.69, 9.17) is 21.3 Å². The van der Waals surface area contributed by atoms with Crippen LogP contribution in [0.5, 0.6) is 11.5 Å². The van der Waals surface area contributed by atoms with Gasteiger partial charge in [0.15, 0.2) is 5.69 Å². The predicted molar refractivity (Wildman–Crippen MR) is 180 cm³/mol. The lowest BCUT2D eigenvalue weighted by molar-refractivity contribution is 0.120. The van der Waals surface area contributed by atoms with E-state index in [0.29, 0.717) is 24.3 Å². The summed E-state index contributed by atoms with van der Waals surface area (Å²) < 4.78 is 55.8. The van der Waals surface area contributed by atoms with Crippen molar-refractivity contribution in [2.24, 2.45) is 0 Å². The summed E-state index contributed by atoms with van der Waals surface area (Å²) in [7, 11) is -5.85. The Morgan fingerprint density at radius 2 is 0.978 bits per heavy atom. The molecule has 0 bridgehead atoms. The van der Waals surface area contributed by atoms with Crippen molar-refractivity contribution >= 4 is 25.7 Å². The molecule has 0 unspecified atom stereocenters. The number of nitrogens with one attached hydrogen (secondary N) is 2. The van der Waals surface area contributed by atoms with Gasteiger partial charge in [-0.25, -0.2) is 31.1 Å². The standard InChI is InChI=1S/C13H12O2.2C7H5N.2C3H9NO2S/c1-3-7-12(8-4-1)14-11-15-13-9-5-2-6-10-13;1-8-7-5-3-2-4-6-7;8-6-7-4-2-1-3-5-7;2*1-3-4-7(2,5)6/h1-10H,11H2;2-6H;1-5H;2*4H,3H2,1-2H3. The van der Waals surface area contributed by atoms with Crippen LogP contribution in [0, 0.1) is 17.9 Å². The minimum atomic E-state index is -2.92. The van der Waals surface area contributed by atoms with Gasteiger partial charge in [0.25, 0.3) is 0 Å². The second-order valence-corrected chi connectivity index (χ2v) is 12.2. The van der Waals surface area contributed by atoms with Gasteiger partial charge in [-0.15, -0.1) is 0 Å². The van der Waals surface area contributed by atoms with Crippen molar-refractivity contribution in [2.75, 3.05) is 32.4 Å². The zero-order valence-electron chi connectivity index (χ0n) is 25.8. The molecule has 0 spiro atoms. The molecule has 4 aromatic rings. The van der Waals surface area contributed by atoms with E-state index in [1.165, 1.54) is 0 Å². The van der Waals surface area contributed by atoms with Crippen molar-refractivity contribution in [3.8, 4) is 17.6 Å². The Kier molecular flexibility index (Phi) is 22.1.